The number of carbonyl (C=O) groups excluding carboxylic acids is 4. The summed E-state index contributed by atoms with van der Waals surface area (Å²) in [6.45, 7) is -0.380. The molecule has 1 atom stereocenters. The summed E-state index contributed by atoms with van der Waals surface area (Å²) in [5, 5.41) is 2.71. The smallest absolute Gasteiger partial charge is 0.262 e. The summed E-state index contributed by atoms with van der Waals surface area (Å²) in [5.74, 6) is -1.46. The van der Waals surface area contributed by atoms with Crippen LogP contribution in [0.3, 0.4) is 0 Å². The van der Waals surface area contributed by atoms with Crippen LogP contribution in [0.25, 0.3) is 0 Å². The average Bonchev–Trinajstić information content (AvgIpc) is 2.87. The third kappa shape index (κ3) is 3.33. The molecule has 0 radical (unpaired) electrons. The normalized spacial score (nSPS) is 14.2. The second-order valence-corrected chi connectivity index (χ2v) is 5.68. The van der Waals surface area contributed by atoms with Crippen molar-refractivity contribution in [2.45, 2.75) is 12.5 Å². The maximum absolute atomic E-state index is 12.3. The molecule has 0 bridgehead atoms. The Balaban J connectivity index is 1.71. The highest BCUT2D eigenvalue weighted by Gasteiger charge is 2.36. The van der Waals surface area contributed by atoms with E-state index in [-0.39, 0.29) is 13.0 Å². The number of nitrogens with one attached hydrogen (secondary N) is 1. The van der Waals surface area contributed by atoms with Gasteiger partial charge in [0.05, 0.1) is 17.2 Å². The molecule has 1 aliphatic rings. The summed E-state index contributed by atoms with van der Waals surface area (Å²) in [4.78, 5) is 48.7. The van der Waals surface area contributed by atoms with Gasteiger partial charge in [-0.3, -0.25) is 19.3 Å². The van der Waals surface area contributed by atoms with Gasteiger partial charge in [0.25, 0.3) is 11.8 Å². The molecule has 0 unspecified atom stereocenters. The van der Waals surface area contributed by atoms with Crippen LogP contribution in [0.5, 0.6) is 0 Å². The highest BCUT2D eigenvalue weighted by atomic mass is 16.2. The van der Waals surface area contributed by atoms with E-state index in [2.05, 4.69) is 5.32 Å². The number of fused-ring (bicyclic) bond motifs is 1. The van der Waals surface area contributed by atoms with Crippen molar-refractivity contribution in [3.05, 3.63) is 71.3 Å². The summed E-state index contributed by atoms with van der Waals surface area (Å²) < 4.78 is 0. The molecule has 126 valence electrons. The molecular formula is C19H16N2O4. The van der Waals surface area contributed by atoms with Crippen molar-refractivity contribution in [2.75, 3.05) is 6.54 Å². The SMILES string of the molecule is O=CC[C@@H](NC(=O)CN1C(=O)c2ccccc2C1=O)c1ccccc1. The molecule has 1 aliphatic heterocycles. The molecule has 2 aromatic rings. The maximum Gasteiger partial charge on any atom is 0.262 e. The molecular weight excluding hydrogens is 320 g/mol. The van der Waals surface area contributed by atoms with Gasteiger partial charge in [-0.2, -0.15) is 0 Å². The molecule has 0 aromatic heterocycles. The lowest BCUT2D eigenvalue weighted by Gasteiger charge is -2.19. The Morgan fingerprint density at radius 3 is 2.08 bits per heavy atom. The van der Waals surface area contributed by atoms with Gasteiger partial charge < -0.3 is 10.1 Å². The van der Waals surface area contributed by atoms with Crippen molar-refractivity contribution < 1.29 is 19.2 Å². The Morgan fingerprint density at radius 1 is 0.960 bits per heavy atom. The van der Waals surface area contributed by atoms with Gasteiger partial charge in [0.1, 0.15) is 12.8 Å². The van der Waals surface area contributed by atoms with E-state index in [9.17, 15) is 19.2 Å². The summed E-state index contributed by atoms with van der Waals surface area (Å²) in [6, 6.07) is 15.0. The molecule has 0 saturated carbocycles. The van der Waals surface area contributed by atoms with Gasteiger partial charge in [-0.1, -0.05) is 42.5 Å². The van der Waals surface area contributed by atoms with Gasteiger partial charge in [0.15, 0.2) is 0 Å². The van der Waals surface area contributed by atoms with Crippen LogP contribution >= 0.6 is 0 Å². The first-order valence-corrected chi connectivity index (χ1v) is 7.85. The fourth-order valence-corrected chi connectivity index (χ4v) is 2.83. The predicted octanol–water partition coefficient (Wildman–Crippen LogP) is 1.73. The fraction of sp³-hybridized carbons (Fsp3) is 0.158. The second-order valence-electron chi connectivity index (χ2n) is 5.68. The summed E-state index contributed by atoms with van der Waals surface area (Å²) in [7, 11) is 0. The Hall–Kier alpha value is -3.28. The van der Waals surface area contributed by atoms with Crippen LogP contribution in [0.1, 0.15) is 38.7 Å². The standard InChI is InChI=1S/C19H16N2O4/c22-11-10-16(13-6-2-1-3-7-13)20-17(23)12-21-18(24)14-8-4-5-9-15(14)19(21)25/h1-9,11,16H,10,12H2,(H,20,23)/t16-/m1/s1. The first-order chi connectivity index (χ1) is 12.1. The third-order valence-electron chi connectivity index (χ3n) is 4.05. The Kier molecular flexibility index (Phi) is 4.70. The number of rotatable bonds is 6. The van der Waals surface area contributed by atoms with E-state index >= 15 is 0 Å². The first kappa shape index (κ1) is 16.6. The van der Waals surface area contributed by atoms with Crippen molar-refractivity contribution in [1.82, 2.24) is 10.2 Å². The molecule has 0 saturated heterocycles. The molecule has 0 fully saturated rings. The third-order valence-corrected chi connectivity index (χ3v) is 4.05. The van der Waals surface area contributed by atoms with E-state index < -0.39 is 23.8 Å². The van der Waals surface area contributed by atoms with Crippen molar-refractivity contribution in [2.24, 2.45) is 0 Å². The van der Waals surface area contributed by atoms with Crippen LogP contribution in [0.4, 0.5) is 0 Å². The summed E-state index contributed by atoms with van der Waals surface area (Å²) in [6.07, 6.45) is 0.831. The van der Waals surface area contributed by atoms with Gasteiger partial charge >= 0.3 is 0 Å². The van der Waals surface area contributed by atoms with E-state index in [0.717, 1.165) is 16.7 Å². The second kappa shape index (κ2) is 7.09. The number of hydrogen-bond acceptors (Lipinski definition) is 4. The van der Waals surface area contributed by atoms with Crippen LogP contribution in [0, 0.1) is 0 Å². The largest absolute Gasteiger partial charge is 0.347 e. The quantitative estimate of drug-likeness (QED) is 0.643. The van der Waals surface area contributed by atoms with Crippen molar-refractivity contribution >= 4 is 24.0 Å². The Morgan fingerprint density at radius 2 is 1.52 bits per heavy atom. The molecule has 1 heterocycles. The fourth-order valence-electron chi connectivity index (χ4n) is 2.83. The molecule has 6 nitrogen and oxygen atoms in total. The minimum Gasteiger partial charge on any atom is -0.347 e. The molecule has 0 spiro atoms. The van der Waals surface area contributed by atoms with Crippen LogP contribution in [0.2, 0.25) is 0 Å². The van der Waals surface area contributed by atoms with E-state index in [0.29, 0.717) is 11.1 Å². The van der Waals surface area contributed by atoms with E-state index in [1.807, 2.05) is 18.2 Å². The monoisotopic (exact) mass is 336 g/mol. The highest BCUT2D eigenvalue weighted by molar-refractivity contribution is 6.22. The molecule has 25 heavy (non-hydrogen) atoms. The van der Waals surface area contributed by atoms with Crippen LogP contribution in [0.15, 0.2) is 54.6 Å². The molecule has 3 amide bonds. The van der Waals surface area contributed by atoms with Gasteiger partial charge in [-0.05, 0) is 17.7 Å². The lowest BCUT2D eigenvalue weighted by molar-refractivity contribution is -0.122. The predicted molar refractivity (Wildman–Crippen MR) is 89.8 cm³/mol. The van der Waals surface area contributed by atoms with E-state index in [1.54, 1.807) is 36.4 Å². The summed E-state index contributed by atoms with van der Waals surface area (Å²) in [5.41, 5.74) is 1.38. The lowest BCUT2D eigenvalue weighted by atomic mass is 10.0. The van der Waals surface area contributed by atoms with Crippen molar-refractivity contribution in [3.8, 4) is 0 Å². The van der Waals surface area contributed by atoms with Gasteiger partial charge in [0, 0.05) is 6.42 Å². The van der Waals surface area contributed by atoms with Gasteiger partial charge in [-0.25, -0.2) is 0 Å². The van der Waals surface area contributed by atoms with E-state index in [4.69, 9.17) is 0 Å². The minimum atomic E-state index is -0.499. The van der Waals surface area contributed by atoms with Crippen molar-refractivity contribution in [3.63, 3.8) is 0 Å². The molecule has 0 aliphatic carbocycles. The van der Waals surface area contributed by atoms with Crippen LogP contribution < -0.4 is 5.32 Å². The first-order valence-electron chi connectivity index (χ1n) is 7.85. The zero-order valence-electron chi connectivity index (χ0n) is 13.3. The van der Waals surface area contributed by atoms with Gasteiger partial charge in [-0.15, -0.1) is 0 Å². The molecule has 6 heteroatoms. The highest BCUT2D eigenvalue weighted by Crippen LogP contribution is 2.22. The number of amides is 3. The topological polar surface area (TPSA) is 83.6 Å². The maximum atomic E-state index is 12.3. The Labute approximate surface area is 144 Å². The van der Waals surface area contributed by atoms with Crippen LogP contribution in [-0.2, 0) is 9.59 Å². The zero-order valence-corrected chi connectivity index (χ0v) is 13.3. The van der Waals surface area contributed by atoms with Gasteiger partial charge in [0.2, 0.25) is 5.91 Å². The van der Waals surface area contributed by atoms with Crippen LogP contribution in [-0.4, -0.2) is 35.5 Å². The number of aldehydes is 1. The number of hydrogen-bond donors (Lipinski definition) is 1. The van der Waals surface area contributed by atoms with E-state index in [1.165, 1.54) is 0 Å². The Bertz CT molecular complexity index is 797. The van der Waals surface area contributed by atoms with Crippen molar-refractivity contribution in [1.29, 1.82) is 0 Å². The number of benzene rings is 2. The number of carbonyl (C=O) groups is 4. The summed E-state index contributed by atoms with van der Waals surface area (Å²) >= 11 is 0. The lowest BCUT2D eigenvalue weighted by Crippen LogP contribution is -2.41. The average molecular weight is 336 g/mol. The number of imide groups is 1. The minimum absolute atomic E-state index is 0.109. The zero-order chi connectivity index (χ0) is 17.8. The molecule has 3 rings (SSSR count). The molecule has 1 N–H and O–H groups in total. The molecule has 2 aromatic carbocycles. The number of nitrogens with zero attached hydrogens (tertiary/aromatic N) is 1.